The van der Waals surface area contributed by atoms with Gasteiger partial charge in [-0.3, -0.25) is 4.79 Å². The van der Waals surface area contributed by atoms with Crippen LogP contribution in [0.3, 0.4) is 0 Å². The zero-order valence-corrected chi connectivity index (χ0v) is 9.86. The lowest BCUT2D eigenvalue weighted by Crippen LogP contribution is -2.57. The Labute approximate surface area is 89.6 Å². The van der Waals surface area contributed by atoms with Crippen LogP contribution in [0.25, 0.3) is 0 Å². The molecule has 84 valence electrons. The highest BCUT2D eigenvalue weighted by atomic mass is 32.2. The number of hydrogen-bond donors (Lipinski definition) is 3. The van der Waals surface area contributed by atoms with E-state index in [9.17, 15) is 4.79 Å². The minimum Gasteiger partial charge on any atom is -0.396 e. The van der Waals surface area contributed by atoms with E-state index in [1.165, 1.54) is 11.8 Å². The normalized spacial score (nSPS) is 15.5. The van der Waals surface area contributed by atoms with Crippen LogP contribution in [-0.4, -0.2) is 40.7 Å². The molecule has 4 N–H and O–H groups in total. The quantitative estimate of drug-likeness (QED) is 0.526. The van der Waals surface area contributed by atoms with E-state index >= 15 is 0 Å². The fourth-order valence-corrected chi connectivity index (χ4v) is 2.07. The summed E-state index contributed by atoms with van der Waals surface area (Å²) >= 11 is 1.52. The molecule has 0 fully saturated rings. The van der Waals surface area contributed by atoms with Gasteiger partial charge in [0.25, 0.3) is 0 Å². The Balaban J connectivity index is 4.17. The van der Waals surface area contributed by atoms with Crippen LogP contribution in [0.2, 0.25) is 0 Å². The fraction of sp³-hybridized carbons (Fsp3) is 0.889. The van der Waals surface area contributed by atoms with Crippen molar-refractivity contribution in [2.24, 2.45) is 5.73 Å². The zero-order chi connectivity index (χ0) is 11.2. The van der Waals surface area contributed by atoms with E-state index in [0.717, 1.165) is 0 Å². The highest BCUT2D eigenvalue weighted by Gasteiger charge is 2.30. The van der Waals surface area contributed by atoms with Crippen molar-refractivity contribution >= 4 is 17.7 Å². The molecular weight excluding hydrogens is 200 g/mol. The summed E-state index contributed by atoms with van der Waals surface area (Å²) in [5.74, 6) is 0.862. The smallest absolute Gasteiger partial charge is 0.238 e. The van der Waals surface area contributed by atoms with E-state index in [-0.39, 0.29) is 18.6 Å². The van der Waals surface area contributed by atoms with Crippen LogP contribution >= 0.6 is 11.8 Å². The van der Waals surface area contributed by atoms with E-state index in [2.05, 4.69) is 5.32 Å². The summed E-state index contributed by atoms with van der Waals surface area (Å²) in [6.45, 7) is 5.86. The number of thioether (sulfide) groups is 1. The van der Waals surface area contributed by atoms with E-state index in [1.807, 2.05) is 13.8 Å². The van der Waals surface area contributed by atoms with Crippen molar-refractivity contribution in [1.82, 2.24) is 5.32 Å². The van der Waals surface area contributed by atoms with E-state index in [0.29, 0.717) is 11.5 Å². The van der Waals surface area contributed by atoms with E-state index in [4.69, 9.17) is 10.8 Å². The number of carbonyl (C=O) groups excluding carboxylic acids is 1. The molecule has 0 aromatic carbocycles. The van der Waals surface area contributed by atoms with Gasteiger partial charge < -0.3 is 16.2 Å². The summed E-state index contributed by atoms with van der Waals surface area (Å²) in [5, 5.41) is 11.8. The average Bonchev–Trinajstić information content (AvgIpc) is 2.03. The fourth-order valence-electron chi connectivity index (χ4n) is 1.16. The molecule has 0 radical (unpaired) electrons. The molecule has 0 bridgehead atoms. The van der Waals surface area contributed by atoms with Crippen molar-refractivity contribution in [3.8, 4) is 0 Å². The maximum absolute atomic E-state index is 11.2. The summed E-state index contributed by atoms with van der Waals surface area (Å²) in [7, 11) is 0. The second-order valence-corrected chi connectivity index (χ2v) is 4.88. The number of nitrogens with one attached hydrogen (secondary N) is 1. The first-order chi connectivity index (χ1) is 6.42. The van der Waals surface area contributed by atoms with Gasteiger partial charge in [0.05, 0.1) is 6.61 Å². The number of hydrogen-bond acceptors (Lipinski definition) is 4. The molecule has 0 aromatic heterocycles. The second-order valence-electron chi connectivity index (χ2n) is 3.77. The lowest BCUT2D eigenvalue weighted by atomic mass is 10.0. The first-order valence-corrected chi connectivity index (χ1v) is 5.84. The van der Waals surface area contributed by atoms with Gasteiger partial charge in [-0.2, -0.15) is 11.8 Å². The Morgan fingerprint density at radius 1 is 1.64 bits per heavy atom. The average molecular weight is 220 g/mol. The Hall–Kier alpha value is -0.260. The van der Waals surface area contributed by atoms with Gasteiger partial charge in [0.2, 0.25) is 5.91 Å². The molecule has 1 atom stereocenters. The van der Waals surface area contributed by atoms with Gasteiger partial charge in [-0.15, -0.1) is 0 Å². The third-order valence-corrected chi connectivity index (χ3v) is 3.03. The van der Waals surface area contributed by atoms with Crippen LogP contribution in [-0.2, 0) is 4.79 Å². The zero-order valence-electron chi connectivity index (χ0n) is 9.04. The van der Waals surface area contributed by atoms with Gasteiger partial charge >= 0.3 is 0 Å². The van der Waals surface area contributed by atoms with E-state index < -0.39 is 5.54 Å². The van der Waals surface area contributed by atoms with Gasteiger partial charge in [-0.05, 0) is 20.8 Å². The Kier molecular flexibility index (Phi) is 6.15. The molecule has 14 heavy (non-hydrogen) atoms. The summed E-state index contributed by atoms with van der Waals surface area (Å²) in [6.07, 6.45) is 0. The first-order valence-electron chi connectivity index (χ1n) is 4.68. The predicted molar refractivity (Wildman–Crippen MR) is 60.3 cm³/mol. The SMILES string of the molecule is CC(C)NC(C)(CSCCO)C(N)=O. The maximum Gasteiger partial charge on any atom is 0.238 e. The molecule has 1 unspecified atom stereocenters. The van der Waals surface area contributed by atoms with E-state index in [1.54, 1.807) is 6.92 Å². The monoisotopic (exact) mass is 220 g/mol. The van der Waals surface area contributed by atoms with Crippen molar-refractivity contribution in [2.75, 3.05) is 18.1 Å². The molecule has 1 amide bonds. The molecule has 0 aliphatic rings. The minimum absolute atomic E-state index is 0.126. The lowest BCUT2D eigenvalue weighted by molar-refractivity contribution is -0.123. The van der Waals surface area contributed by atoms with Crippen LogP contribution in [0.1, 0.15) is 20.8 Å². The van der Waals surface area contributed by atoms with Gasteiger partial charge in [0, 0.05) is 17.5 Å². The molecule has 0 saturated carbocycles. The first kappa shape index (κ1) is 13.7. The highest BCUT2D eigenvalue weighted by molar-refractivity contribution is 7.99. The summed E-state index contributed by atoms with van der Waals surface area (Å²) in [5.41, 5.74) is 4.64. The summed E-state index contributed by atoms with van der Waals surface area (Å²) in [6, 6.07) is 0.210. The predicted octanol–water partition coefficient (Wildman–Crippen LogP) is -0.0461. The van der Waals surface area contributed by atoms with Crippen LogP contribution < -0.4 is 11.1 Å². The number of aliphatic hydroxyl groups excluding tert-OH is 1. The molecule has 0 aliphatic heterocycles. The van der Waals surface area contributed by atoms with Crippen molar-refractivity contribution < 1.29 is 9.90 Å². The number of nitrogens with two attached hydrogens (primary N) is 1. The molecule has 0 spiro atoms. The lowest BCUT2D eigenvalue weighted by Gasteiger charge is -2.29. The molecule has 0 heterocycles. The second kappa shape index (κ2) is 6.27. The topological polar surface area (TPSA) is 75.3 Å². The summed E-state index contributed by atoms with van der Waals surface area (Å²) in [4.78, 5) is 11.2. The molecular formula is C9H20N2O2S. The van der Waals surface area contributed by atoms with Crippen LogP contribution in [0.4, 0.5) is 0 Å². The molecule has 0 saturated heterocycles. The van der Waals surface area contributed by atoms with Crippen LogP contribution in [0.5, 0.6) is 0 Å². The molecule has 0 aromatic rings. The third kappa shape index (κ3) is 4.83. The molecule has 5 heteroatoms. The van der Waals surface area contributed by atoms with Crippen molar-refractivity contribution in [3.05, 3.63) is 0 Å². The Morgan fingerprint density at radius 2 is 2.21 bits per heavy atom. The number of aliphatic hydroxyl groups is 1. The standard InChI is InChI=1S/C9H20N2O2S/c1-7(2)11-9(3,8(10)13)6-14-5-4-12/h7,11-12H,4-6H2,1-3H3,(H2,10,13). The molecule has 4 nitrogen and oxygen atoms in total. The largest absolute Gasteiger partial charge is 0.396 e. The van der Waals surface area contributed by atoms with Gasteiger partial charge in [-0.25, -0.2) is 0 Å². The van der Waals surface area contributed by atoms with Crippen molar-refractivity contribution in [3.63, 3.8) is 0 Å². The maximum atomic E-state index is 11.2. The van der Waals surface area contributed by atoms with Crippen molar-refractivity contribution in [1.29, 1.82) is 0 Å². The number of amides is 1. The number of rotatable bonds is 7. The molecule has 0 aliphatic carbocycles. The number of carbonyl (C=O) groups is 1. The highest BCUT2D eigenvalue weighted by Crippen LogP contribution is 2.13. The van der Waals surface area contributed by atoms with Gasteiger partial charge in [0.15, 0.2) is 0 Å². The third-order valence-electron chi connectivity index (χ3n) is 1.78. The van der Waals surface area contributed by atoms with Crippen LogP contribution in [0.15, 0.2) is 0 Å². The minimum atomic E-state index is -0.687. The van der Waals surface area contributed by atoms with Gasteiger partial charge in [-0.1, -0.05) is 0 Å². The Bertz CT molecular complexity index is 188. The van der Waals surface area contributed by atoms with Crippen LogP contribution in [0, 0.1) is 0 Å². The summed E-state index contributed by atoms with van der Waals surface area (Å²) < 4.78 is 0. The Morgan fingerprint density at radius 3 is 2.57 bits per heavy atom. The number of primary amides is 1. The van der Waals surface area contributed by atoms with Crippen molar-refractivity contribution in [2.45, 2.75) is 32.4 Å². The molecule has 0 rings (SSSR count). The van der Waals surface area contributed by atoms with Gasteiger partial charge in [0.1, 0.15) is 5.54 Å².